The molecule has 0 saturated carbocycles. The molecule has 1 aromatic rings. The molecule has 0 radical (unpaired) electrons. The van der Waals surface area contributed by atoms with Crippen LogP contribution in [-0.2, 0) is 4.74 Å². The first-order chi connectivity index (χ1) is 11.6. The van der Waals surface area contributed by atoms with Crippen LogP contribution in [0.25, 0.3) is 0 Å². The highest BCUT2D eigenvalue weighted by Crippen LogP contribution is 2.39. The van der Waals surface area contributed by atoms with Gasteiger partial charge in [-0.25, -0.2) is 9.59 Å². The number of amides is 3. The lowest BCUT2D eigenvalue weighted by molar-refractivity contribution is 0.198. The van der Waals surface area contributed by atoms with E-state index in [0.29, 0.717) is 23.2 Å². The summed E-state index contributed by atoms with van der Waals surface area (Å²) in [4.78, 5) is 22.9. The average molecular weight is 377 g/mol. The van der Waals surface area contributed by atoms with Gasteiger partial charge < -0.3 is 20.5 Å². The van der Waals surface area contributed by atoms with E-state index in [1.807, 2.05) is 0 Å². The number of thioether (sulfide) groups is 1. The van der Waals surface area contributed by atoms with Crippen LogP contribution in [0.3, 0.4) is 0 Å². The van der Waals surface area contributed by atoms with Crippen molar-refractivity contribution in [1.29, 1.82) is 0 Å². The van der Waals surface area contributed by atoms with Crippen molar-refractivity contribution >= 4 is 40.4 Å². The number of urea groups is 1. The first kappa shape index (κ1) is 20.5. The monoisotopic (exact) mass is 376 g/mol. The quantitative estimate of drug-likeness (QED) is 0.404. The molecule has 0 aliphatic rings. The number of aromatic nitrogens is 1. The number of unbranched alkanes of at least 4 members (excludes halogenated alkanes) is 3. The van der Waals surface area contributed by atoms with Crippen molar-refractivity contribution in [1.82, 2.24) is 9.69 Å². The van der Waals surface area contributed by atoms with Gasteiger partial charge in [0.1, 0.15) is 0 Å². The Morgan fingerprint density at radius 3 is 2.79 bits per heavy atom. The minimum Gasteiger partial charge on any atom is -0.404 e. The van der Waals surface area contributed by atoms with Gasteiger partial charge in [-0.15, -0.1) is 11.8 Å². The largest absolute Gasteiger partial charge is 0.410 e. The molecule has 0 fully saturated rings. The molecule has 0 aliphatic carbocycles. The molecular formula is C14H24N4O4S2. The zero-order chi connectivity index (χ0) is 17.8. The van der Waals surface area contributed by atoms with Crippen LogP contribution in [0.4, 0.5) is 14.6 Å². The number of hydrogen-bond acceptors (Lipinski definition) is 7. The number of anilines is 1. The van der Waals surface area contributed by atoms with Gasteiger partial charge in [-0.2, -0.15) is 4.37 Å². The molecule has 0 unspecified atom stereocenters. The number of nitrogens with two attached hydrogens (primary N) is 1. The molecule has 0 atom stereocenters. The first-order valence-electron chi connectivity index (χ1n) is 7.72. The third kappa shape index (κ3) is 7.84. The van der Waals surface area contributed by atoms with Crippen LogP contribution in [0.2, 0.25) is 0 Å². The van der Waals surface area contributed by atoms with Crippen LogP contribution in [0.1, 0.15) is 32.6 Å². The van der Waals surface area contributed by atoms with E-state index in [1.165, 1.54) is 24.6 Å². The molecule has 136 valence electrons. The summed E-state index contributed by atoms with van der Waals surface area (Å²) in [5.41, 5.74) is 5.11. The fourth-order valence-corrected chi connectivity index (χ4v) is 3.56. The molecule has 10 heteroatoms. The fraction of sp³-hybridized carbons (Fsp3) is 0.643. The normalized spacial score (nSPS) is 10.4. The highest BCUT2D eigenvalue weighted by Gasteiger charge is 2.19. The van der Waals surface area contributed by atoms with E-state index >= 15 is 0 Å². The summed E-state index contributed by atoms with van der Waals surface area (Å²) in [6, 6.07) is -0.426. The molecule has 1 rings (SSSR count). The second-order valence-electron chi connectivity index (χ2n) is 4.85. The van der Waals surface area contributed by atoms with Crippen molar-refractivity contribution < 1.29 is 19.1 Å². The Bertz CT molecular complexity index is 525. The maximum Gasteiger partial charge on any atom is 0.410 e. The van der Waals surface area contributed by atoms with Crippen LogP contribution in [0.5, 0.6) is 5.75 Å². The van der Waals surface area contributed by atoms with Gasteiger partial charge in [0.25, 0.3) is 0 Å². The predicted octanol–water partition coefficient (Wildman–Crippen LogP) is 3.04. The number of primary amides is 1. The Morgan fingerprint density at radius 1 is 1.33 bits per heavy atom. The first-order valence-corrected chi connectivity index (χ1v) is 9.47. The lowest BCUT2D eigenvalue weighted by Gasteiger charge is -2.08. The van der Waals surface area contributed by atoms with Gasteiger partial charge in [-0.05, 0) is 23.7 Å². The van der Waals surface area contributed by atoms with Gasteiger partial charge in [0.15, 0.2) is 10.0 Å². The SMILES string of the molecule is CCCCCCSc1nsc(NC(=O)NCCOC)c1OC(N)=O. The third-order valence-electron chi connectivity index (χ3n) is 2.88. The second-order valence-corrected chi connectivity index (χ2v) is 6.71. The van der Waals surface area contributed by atoms with Crippen molar-refractivity contribution in [3.8, 4) is 5.75 Å². The lowest BCUT2D eigenvalue weighted by atomic mass is 10.2. The summed E-state index contributed by atoms with van der Waals surface area (Å²) in [6.07, 6.45) is 3.62. The maximum absolute atomic E-state index is 11.8. The number of nitrogens with zero attached hydrogens (tertiary/aromatic N) is 1. The minimum atomic E-state index is -0.939. The van der Waals surface area contributed by atoms with Gasteiger partial charge in [-0.3, -0.25) is 5.32 Å². The zero-order valence-corrected chi connectivity index (χ0v) is 15.6. The summed E-state index contributed by atoms with van der Waals surface area (Å²) in [7, 11) is 1.55. The second kappa shape index (κ2) is 11.9. The molecule has 0 spiro atoms. The molecule has 0 aliphatic heterocycles. The minimum absolute atomic E-state index is 0.204. The zero-order valence-electron chi connectivity index (χ0n) is 13.9. The van der Waals surface area contributed by atoms with E-state index in [1.54, 1.807) is 7.11 Å². The third-order valence-corrected chi connectivity index (χ3v) is 4.78. The number of carbonyl (C=O) groups excluding carboxylic acids is 2. The molecule has 4 N–H and O–H groups in total. The molecule has 1 aromatic heterocycles. The summed E-state index contributed by atoms with van der Waals surface area (Å²) in [5, 5.41) is 6.13. The van der Waals surface area contributed by atoms with Crippen molar-refractivity contribution in [2.24, 2.45) is 5.73 Å². The number of nitrogens with one attached hydrogen (secondary N) is 2. The lowest BCUT2D eigenvalue weighted by Crippen LogP contribution is -2.31. The van der Waals surface area contributed by atoms with E-state index < -0.39 is 12.1 Å². The van der Waals surface area contributed by atoms with E-state index in [4.69, 9.17) is 15.2 Å². The number of carbonyl (C=O) groups is 2. The van der Waals surface area contributed by atoms with Gasteiger partial charge >= 0.3 is 12.1 Å². The van der Waals surface area contributed by atoms with Gasteiger partial charge in [0.05, 0.1) is 6.61 Å². The number of hydrogen-bond donors (Lipinski definition) is 3. The Kier molecular flexibility index (Phi) is 10.2. The summed E-state index contributed by atoms with van der Waals surface area (Å²) in [6.45, 7) is 2.92. The summed E-state index contributed by atoms with van der Waals surface area (Å²) in [5.74, 6) is 1.06. The molecular weight excluding hydrogens is 352 g/mol. The van der Waals surface area contributed by atoms with E-state index in [2.05, 4.69) is 21.9 Å². The average Bonchev–Trinajstić information content (AvgIpc) is 2.89. The van der Waals surface area contributed by atoms with Crippen molar-refractivity contribution in [2.75, 3.05) is 31.3 Å². The Morgan fingerprint density at radius 2 is 2.12 bits per heavy atom. The smallest absolute Gasteiger partial charge is 0.404 e. The van der Waals surface area contributed by atoms with Crippen molar-refractivity contribution in [2.45, 2.75) is 37.6 Å². The van der Waals surface area contributed by atoms with Crippen LogP contribution in [-0.4, -0.2) is 42.5 Å². The van der Waals surface area contributed by atoms with Crippen LogP contribution in [0, 0.1) is 0 Å². The van der Waals surface area contributed by atoms with Crippen LogP contribution < -0.4 is 21.1 Å². The summed E-state index contributed by atoms with van der Waals surface area (Å²) >= 11 is 2.53. The van der Waals surface area contributed by atoms with Gasteiger partial charge in [0, 0.05) is 13.7 Å². The predicted molar refractivity (Wildman–Crippen MR) is 96.1 cm³/mol. The van der Waals surface area contributed by atoms with Gasteiger partial charge in [0.2, 0.25) is 5.75 Å². The molecule has 24 heavy (non-hydrogen) atoms. The fourth-order valence-electron chi connectivity index (χ4n) is 1.74. The Hall–Kier alpha value is -1.52. The Balaban J connectivity index is 2.63. The molecule has 8 nitrogen and oxygen atoms in total. The van der Waals surface area contributed by atoms with E-state index in [-0.39, 0.29) is 5.75 Å². The Labute approximate surface area is 150 Å². The van der Waals surface area contributed by atoms with E-state index in [9.17, 15) is 9.59 Å². The van der Waals surface area contributed by atoms with Crippen molar-refractivity contribution in [3.05, 3.63) is 0 Å². The number of methoxy groups -OCH3 is 1. The molecule has 3 amide bonds. The standard InChI is InChI=1S/C14H24N4O4S2/c1-3-4-5-6-9-23-12-10(22-13(15)19)11(24-18-12)17-14(20)16-7-8-21-2/h3-9H2,1-2H3,(H2,15,19)(H2,16,17,20). The highest BCUT2D eigenvalue weighted by molar-refractivity contribution is 7.99. The van der Waals surface area contributed by atoms with Crippen LogP contribution in [0.15, 0.2) is 5.03 Å². The van der Waals surface area contributed by atoms with E-state index in [0.717, 1.165) is 30.1 Å². The number of ether oxygens (including phenoxy) is 2. The topological polar surface area (TPSA) is 116 Å². The number of rotatable bonds is 11. The van der Waals surface area contributed by atoms with Crippen LogP contribution >= 0.6 is 23.3 Å². The maximum atomic E-state index is 11.8. The molecule has 0 bridgehead atoms. The van der Waals surface area contributed by atoms with Crippen molar-refractivity contribution in [3.63, 3.8) is 0 Å². The summed E-state index contributed by atoms with van der Waals surface area (Å²) < 4.78 is 14.1. The highest BCUT2D eigenvalue weighted by atomic mass is 32.2. The van der Waals surface area contributed by atoms with Gasteiger partial charge in [-0.1, -0.05) is 26.2 Å². The molecule has 0 aromatic carbocycles. The molecule has 1 heterocycles. The molecule has 0 saturated heterocycles.